The highest BCUT2D eigenvalue weighted by Gasteiger charge is 2.11. The van der Waals surface area contributed by atoms with Gasteiger partial charge in [-0.25, -0.2) is 0 Å². The average Bonchev–Trinajstić information content (AvgIpc) is 2.45. The van der Waals surface area contributed by atoms with Gasteiger partial charge in [-0.3, -0.25) is 0 Å². The predicted octanol–water partition coefficient (Wildman–Crippen LogP) is 3.56. The van der Waals surface area contributed by atoms with Crippen LogP contribution in [-0.4, -0.2) is 21.1 Å². The lowest BCUT2D eigenvalue weighted by atomic mass is 9.97. The summed E-state index contributed by atoms with van der Waals surface area (Å²) in [7, 11) is 6.19. The Morgan fingerprint density at radius 2 is 1.80 bits per heavy atom. The van der Waals surface area contributed by atoms with Crippen LogP contribution in [0.4, 0.5) is 5.69 Å². The number of rotatable bonds is 5. The molecule has 0 saturated carbocycles. The average molecular weight is 268 g/mol. The minimum absolute atomic E-state index is 0.344. The third kappa shape index (κ3) is 3.61. The third-order valence-electron chi connectivity index (χ3n) is 3.66. The van der Waals surface area contributed by atoms with E-state index in [2.05, 4.69) is 79.8 Å². The third-order valence-corrected chi connectivity index (χ3v) is 3.66. The lowest BCUT2D eigenvalue weighted by Crippen LogP contribution is -2.19. The molecule has 0 aliphatic heterocycles. The molecule has 2 rings (SSSR count). The standard InChI is InChI=1S/C18H24N2/c1-14-7-5-8-15(11-14)12-18(19-2)16-9-6-10-17(13-16)20(3)4/h5-11,13,18-19H,12H2,1-4H3. The molecule has 0 aliphatic rings. The van der Waals surface area contributed by atoms with Gasteiger partial charge in [-0.15, -0.1) is 0 Å². The first-order valence-electron chi connectivity index (χ1n) is 7.10. The Morgan fingerprint density at radius 3 is 2.45 bits per heavy atom. The van der Waals surface area contributed by atoms with Crippen LogP contribution in [0.1, 0.15) is 22.7 Å². The highest BCUT2D eigenvalue weighted by molar-refractivity contribution is 5.48. The molecule has 0 spiro atoms. The molecule has 20 heavy (non-hydrogen) atoms. The van der Waals surface area contributed by atoms with Crippen molar-refractivity contribution in [3.8, 4) is 0 Å². The van der Waals surface area contributed by atoms with Crippen molar-refractivity contribution in [2.75, 3.05) is 26.0 Å². The predicted molar refractivity (Wildman–Crippen MR) is 87.5 cm³/mol. The molecular weight excluding hydrogens is 244 g/mol. The van der Waals surface area contributed by atoms with E-state index in [0.717, 1.165) is 6.42 Å². The molecule has 106 valence electrons. The molecule has 0 aliphatic carbocycles. The SMILES string of the molecule is CNC(Cc1cccc(C)c1)c1cccc(N(C)C)c1. The lowest BCUT2D eigenvalue weighted by molar-refractivity contribution is 0.592. The van der Waals surface area contributed by atoms with Crippen LogP contribution in [0.5, 0.6) is 0 Å². The summed E-state index contributed by atoms with van der Waals surface area (Å²) in [6, 6.07) is 17.8. The minimum atomic E-state index is 0.344. The van der Waals surface area contributed by atoms with Gasteiger partial charge >= 0.3 is 0 Å². The van der Waals surface area contributed by atoms with Gasteiger partial charge in [0.15, 0.2) is 0 Å². The first kappa shape index (κ1) is 14.6. The van der Waals surface area contributed by atoms with Gasteiger partial charge < -0.3 is 10.2 Å². The van der Waals surface area contributed by atoms with Crippen LogP contribution in [0.2, 0.25) is 0 Å². The van der Waals surface area contributed by atoms with E-state index in [0.29, 0.717) is 6.04 Å². The van der Waals surface area contributed by atoms with E-state index in [4.69, 9.17) is 0 Å². The number of nitrogens with zero attached hydrogens (tertiary/aromatic N) is 1. The summed E-state index contributed by atoms with van der Waals surface area (Å²) in [5, 5.41) is 3.43. The summed E-state index contributed by atoms with van der Waals surface area (Å²) in [6.07, 6.45) is 1.01. The maximum absolute atomic E-state index is 3.43. The second kappa shape index (κ2) is 6.58. The normalized spacial score (nSPS) is 12.2. The molecule has 2 nitrogen and oxygen atoms in total. The van der Waals surface area contributed by atoms with E-state index in [9.17, 15) is 0 Å². The van der Waals surface area contributed by atoms with Crippen LogP contribution in [0.25, 0.3) is 0 Å². The first-order chi connectivity index (χ1) is 9.60. The van der Waals surface area contributed by atoms with Crippen molar-refractivity contribution in [1.82, 2.24) is 5.32 Å². The molecule has 0 heterocycles. The number of anilines is 1. The Hall–Kier alpha value is -1.80. The van der Waals surface area contributed by atoms with Gasteiger partial charge in [-0.1, -0.05) is 42.0 Å². The van der Waals surface area contributed by atoms with Crippen molar-refractivity contribution in [3.63, 3.8) is 0 Å². The number of hydrogen-bond donors (Lipinski definition) is 1. The van der Waals surface area contributed by atoms with Gasteiger partial charge in [0.2, 0.25) is 0 Å². The van der Waals surface area contributed by atoms with Crippen LogP contribution in [0, 0.1) is 6.92 Å². The summed E-state index contributed by atoms with van der Waals surface area (Å²) in [6.45, 7) is 2.14. The molecular formula is C18H24N2. The van der Waals surface area contributed by atoms with E-state index in [1.165, 1.54) is 22.4 Å². The Kier molecular flexibility index (Phi) is 4.80. The fraction of sp³-hybridized carbons (Fsp3) is 0.333. The molecule has 2 aromatic carbocycles. The van der Waals surface area contributed by atoms with Crippen molar-refractivity contribution >= 4 is 5.69 Å². The zero-order valence-electron chi connectivity index (χ0n) is 12.9. The maximum Gasteiger partial charge on any atom is 0.0364 e. The lowest BCUT2D eigenvalue weighted by Gasteiger charge is -2.20. The summed E-state index contributed by atoms with van der Waals surface area (Å²) >= 11 is 0. The van der Waals surface area contributed by atoms with E-state index in [1.54, 1.807) is 0 Å². The van der Waals surface area contributed by atoms with Crippen molar-refractivity contribution < 1.29 is 0 Å². The fourth-order valence-corrected chi connectivity index (χ4v) is 2.48. The second-order valence-electron chi connectivity index (χ2n) is 5.52. The van der Waals surface area contributed by atoms with Crippen LogP contribution >= 0.6 is 0 Å². The molecule has 0 amide bonds. The molecule has 2 heteroatoms. The largest absolute Gasteiger partial charge is 0.378 e. The van der Waals surface area contributed by atoms with Gasteiger partial charge in [-0.05, 0) is 43.7 Å². The number of benzene rings is 2. The topological polar surface area (TPSA) is 15.3 Å². The van der Waals surface area contributed by atoms with Gasteiger partial charge in [0.05, 0.1) is 0 Å². The maximum atomic E-state index is 3.43. The van der Waals surface area contributed by atoms with Gasteiger partial charge in [0, 0.05) is 25.8 Å². The Morgan fingerprint density at radius 1 is 1.05 bits per heavy atom. The zero-order valence-corrected chi connectivity index (χ0v) is 12.9. The molecule has 1 unspecified atom stereocenters. The molecule has 1 N–H and O–H groups in total. The van der Waals surface area contributed by atoms with E-state index < -0.39 is 0 Å². The van der Waals surface area contributed by atoms with Crippen LogP contribution in [0.3, 0.4) is 0 Å². The van der Waals surface area contributed by atoms with E-state index in [1.807, 2.05) is 7.05 Å². The molecule has 1 atom stereocenters. The summed E-state index contributed by atoms with van der Waals surface area (Å²) in [4.78, 5) is 2.14. The Labute approximate surface area is 122 Å². The molecule has 0 bridgehead atoms. The highest BCUT2D eigenvalue weighted by atomic mass is 15.1. The van der Waals surface area contributed by atoms with Crippen molar-refractivity contribution in [2.24, 2.45) is 0 Å². The van der Waals surface area contributed by atoms with E-state index in [-0.39, 0.29) is 0 Å². The number of hydrogen-bond acceptors (Lipinski definition) is 2. The van der Waals surface area contributed by atoms with Gasteiger partial charge in [-0.2, -0.15) is 0 Å². The molecule has 0 saturated heterocycles. The Bertz CT molecular complexity index is 561. The van der Waals surface area contributed by atoms with Crippen molar-refractivity contribution in [2.45, 2.75) is 19.4 Å². The van der Waals surface area contributed by atoms with Crippen LogP contribution in [0.15, 0.2) is 48.5 Å². The first-order valence-corrected chi connectivity index (χ1v) is 7.10. The molecule has 0 aromatic heterocycles. The van der Waals surface area contributed by atoms with Crippen LogP contribution < -0.4 is 10.2 Å². The summed E-state index contributed by atoms with van der Waals surface area (Å²) in [5.74, 6) is 0. The van der Waals surface area contributed by atoms with Gasteiger partial charge in [0.25, 0.3) is 0 Å². The van der Waals surface area contributed by atoms with E-state index >= 15 is 0 Å². The fourth-order valence-electron chi connectivity index (χ4n) is 2.48. The van der Waals surface area contributed by atoms with Crippen molar-refractivity contribution in [1.29, 1.82) is 0 Å². The molecule has 2 aromatic rings. The summed E-state index contributed by atoms with van der Waals surface area (Å²) in [5.41, 5.74) is 5.27. The van der Waals surface area contributed by atoms with Crippen molar-refractivity contribution in [3.05, 3.63) is 65.2 Å². The summed E-state index contributed by atoms with van der Waals surface area (Å²) < 4.78 is 0. The quantitative estimate of drug-likeness (QED) is 0.892. The molecule has 0 radical (unpaired) electrons. The van der Waals surface area contributed by atoms with Gasteiger partial charge in [0.1, 0.15) is 0 Å². The monoisotopic (exact) mass is 268 g/mol. The van der Waals surface area contributed by atoms with Crippen LogP contribution in [-0.2, 0) is 6.42 Å². The highest BCUT2D eigenvalue weighted by Crippen LogP contribution is 2.22. The minimum Gasteiger partial charge on any atom is -0.378 e. The smallest absolute Gasteiger partial charge is 0.0364 e. The zero-order chi connectivity index (χ0) is 14.5. The second-order valence-corrected chi connectivity index (χ2v) is 5.52. The number of likely N-dealkylation sites (N-methyl/N-ethyl adjacent to an activating group) is 1. The number of aryl methyl sites for hydroxylation is 1. The number of nitrogens with one attached hydrogen (secondary N) is 1. The molecule has 0 fully saturated rings. The Balaban J connectivity index is 2.22.